The first-order chi connectivity index (χ1) is 10.2. The number of nitrogens with two attached hydrogens (primary N) is 1. The van der Waals surface area contributed by atoms with Crippen LogP contribution in [-0.2, 0) is 9.53 Å². The number of esters is 1. The summed E-state index contributed by atoms with van der Waals surface area (Å²) in [6.07, 6.45) is 2.21. The molecule has 5 nitrogen and oxygen atoms in total. The number of carbonyl (C=O) groups excluding carboxylic acids is 1. The van der Waals surface area contributed by atoms with Crippen molar-refractivity contribution in [1.82, 2.24) is 4.90 Å². The normalized spacial score (nSPS) is 29.0. The molecule has 1 aromatic carbocycles. The third-order valence-corrected chi connectivity index (χ3v) is 4.59. The van der Waals surface area contributed by atoms with Gasteiger partial charge in [0.2, 0.25) is 0 Å². The molecule has 0 radical (unpaired) electrons. The fraction of sp³-hybridized carbons (Fsp3) is 0.562. The molecule has 1 unspecified atom stereocenters. The molecular weight excluding hydrogens is 268 g/mol. The Kier molecular flexibility index (Phi) is 4.12. The molecule has 0 amide bonds. The Morgan fingerprint density at radius 3 is 2.67 bits per heavy atom. The number of carbonyl (C=O) groups is 1. The summed E-state index contributed by atoms with van der Waals surface area (Å²) in [7, 11) is 1.57. The number of piperidine rings is 3. The van der Waals surface area contributed by atoms with Crippen LogP contribution in [0.5, 0.6) is 5.75 Å². The predicted molar refractivity (Wildman–Crippen MR) is 79.0 cm³/mol. The van der Waals surface area contributed by atoms with E-state index in [0.717, 1.165) is 32.5 Å². The van der Waals surface area contributed by atoms with Gasteiger partial charge < -0.3 is 15.2 Å². The number of ether oxygens (including phenoxy) is 2. The molecule has 114 valence electrons. The largest absolute Gasteiger partial charge is 0.496 e. The Hall–Kier alpha value is -1.59. The topological polar surface area (TPSA) is 64.8 Å². The molecule has 5 heteroatoms. The molecule has 3 saturated heterocycles. The lowest BCUT2D eigenvalue weighted by molar-refractivity contribution is -0.160. The lowest BCUT2D eigenvalue weighted by atomic mass is 9.86. The van der Waals surface area contributed by atoms with E-state index in [-0.39, 0.29) is 12.1 Å². The molecule has 2 atom stereocenters. The number of methoxy groups -OCH3 is 1. The standard InChI is InChI=1S/C16H22N2O3/c1-20-13-5-3-2-4-12(13)15(17)16(19)21-14-10-18-8-6-11(14)7-9-18/h2-5,11,14-15H,6-10,17H2,1H3/t14-,15?/m0/s1. The first-order valence-electron chi connectivity index (χ1n) is 7.50. The van der Waals surface area contributed by atoms with Crippen LogP contribution >= 0.6 is 0 Å². The molecule has 2 N–H and O–H groups in total. The quantitative estimate of drug-likeness (QED) is 0.848. The van der Waals surface area contributed by atoms with Gasteiger partial charge in [0.15, 0.2) is 0 Å². The van der Waals surface area contributed by atoms with Crippen molar-refractivity contribution < 1.29 is 14.3 Å². The minimum atomic E-state index is -0.795. The van der Waals surface area contributed by atoms with Gasteiger partial charge in [-0.2, -0.15) is 0 Å². The second-order valence-corrected chi connectivity index (χ2v) is 5.83. The van der Waals surface area contributed by atoms with E-state index < -0.39 is 6.04 Å². The Balaban J connectivity index is 1.67. The number of rotatable bonds is 4. The van der Waals surface area contributed by atoms with Crippen LogP contribution in [0.1, 0.15) is 24.4 Å². The predicted octanol–water partition coefficient (Wildman–Crippen LogP) is 1.33. The first kappa shape index (κ1) is 14.4. The Labute approximate surface area is 125 Å². The van der Waals surface area contributed by atoms with E-state index in [1.165, 1.54) is 0 Å². The van der Waals surface area contributed by atoms with Crippen LogP contribution in [0, 0.1) is 5.92 Å². The maximum Gasteiger partial charge on any atom is 0.328 e. The molecule has 0 saturated carbocycles. The molecule has 0 aliphatic carbocycles. The lowest BCUT2D eigenvalue weighted by Crippen LogP contribution is -2.52. The Morgan fingerprint density at radius 1 is 1.33 bits per heavy atom. The average Bonchev–Trinajstić information content (AvgIpc) is 2.55. The van der Waals surface area contributed by atoms with E-state index in [0.29, 0.717) is 17.2 Å². The van der Waals surface area contributed by atoms with Crippen molar-refractivity contribution in [1.29, 1.82) is 0 Å². The molecular formula is C16H22N2O3. The fourth-order valence-corrected chi connectivity index (χ4v) is 3.32. The van der Waals surface area contributed by atoms with Crippen LogP contribution in [0.15, 0.2) is 24.3 Å². The van der Waals surface area contributed by atoms with E-state index in [4.69, 9.17) is 15.2 Å². The minimum Gasteiger partial charge on any atom is -0.496 e. The van der Waals surface area contributed by atoms with Crippen molar-refractivity contribution >= 4 is 5.97 Å². The number of fused-ring (bicyclic) bond motifs is 3. The van der Waals surface area contributed by atoms with Crippen LogP contribution in [0.25, 0.3) is 0 Å². The second kappa shape index (κ2) is 6.03. The highest BCUT2D eigenvalue weighted by Crippen LogP contribution is 2.31. The maximum atomic E-state index is 12.3. The molecule has 1 aromatic rings. The number of benzene rings is 1. The number of nitrogens with zero attached hydrogens (tertiary/aromatic N) is 1. The van der Waals surface area contributed by atoms with E-state index in [1.807, 2.05) is 12.1 Å². The molecule has 2 bridgehead atoms. The van der Waals surface area contributed by atoms with E-state index in [9.17, 15) is 4.79 Å². The summed E-state index contributed by atoms with van der Waals surface area (Å²) in [4.78, 5) is 14.7. The summed E-state index contributed by atoms with van der Waals surface area (Å²) in [5.74, 6) is 0.748. The molecule has 0 spiro atoms. The van der Waals surface area contributed by atoms with Gasteiger partial charge in [-0.05, 0) is 37.9 Å². The van der Waals surface area contributed by atoms with Crippen LogP contribution in [-0.4, -0.2) is 43.7 Å². The van der Waals surface area contributed by atoms with Crippen molar-refractivity contribution in [3.8, 4) is 5.75 Å². The van der Waals surface area contributed by atoms with E-state index in [1.54, 1.807) is 19.2 Å². The molecule has 3 aliphatic heterocycles. The first-order valence-corrected chi connectivity index (χ1v) is 7.50. The number of para-hydroxylation sites is 1. The summed E-state index contributed by atoms with van der Waals surface area (Å²) in [6.45, 7) is 3.09. The Morgan fingerprint density at radius 2 is 2.05 bits per heavy atom. The van der Waals surface area contributed by atoms with Gasteiger partial charge >= 0.3 is 5.97 Å². The SMILES string of the molecule is COc1ccccc1C(N)C(=O)O[C@H]1CN2CCC1CC2. The van der Waals surface area contributed by atoms with Gasteiger partial charge in [0.05, 0.1) is 7.11 Å². The monoisotopic (exact) mass is 290 g/mol. The molecule has 0 aromatic heterocycles. The van der Waals surface area contributed by atoms with Crippen molar-refractivity contribution in [3.63, 3.8) is 0 Å². The van der Waals surface area contributed by atoms with E-state index >= 15 is 0 Å². The van der Waals surface area contributed by atoms with Gasteiger partial charge in [0.1, 0.15) is 17.9 Å². The molecule has 3 heterocycles. The lowest BCUT2D eigenvalue weighted by Gasteiger charge is -2.44. The van der Waals surface area contributed by atoms with Gasteiger partial charge in [-0.25, -0.2) is 4.79 Å². The van der Waals surface area contributed by atoms with Crippen molar-refractivity contribution in [2.45, 2.75) is 25.0 Å². The van der Waals surface area contributed by atoms with Gasteiger partial charge in [-0.3, -0.25) is 4.90 Å². The zero-order valence-corrected chi connectivity index (χ0v) is 12.3. The third kappa shape index (κ3) is 2.89. The molecule has 3 fully saturated rings. The van der Waals surface area contributed by atoms with E-state index in [2.05, 4.69) is 4.90 Å². The Bertz CT molecular complexity index is 512. The van der Waals surface area contributed by atoms with Crippen LogP contribution in [0.4, 0.5) is 0 Å². The zero-order chi connectivity index (χ0) is 14.8. The van der Waals surface area contributed by atoms with Crippen molar-refractivity contribution in [2.75, 3.05) is 26.7 Å². The summed E-state index contributed by atoms with van der Waals surface area (Å²) < 4.78 is 10.9. The highest BCUT2D eigenvalue weighted by Gasteiger charge is 2.37. The van der Waals surface area contributed by atoms with Crippen LogP contribution in [0.3, 0.4) is 0 Å². The number of hydrogen-bond acceptors (Lipinski definition) is 5. The second-order valence-electron chi connectivity index (χ2n) is 5.83. The van der Waals surface area contributed by atoms with Crippen LogP contribution in [0.2, 0.25) is 0 Å². The summed E-state index contributed by atoms with van der Waals surface area (Å²) in [5.41, 5.74) is 6.73. The minimum absolute atomic E-state index is 0.0132. The van der Waals surface area contributed by atoms with Crippen molar-refractivity contribution in [2.24, 2.45) is 11.7 Å². The smallest absolute Gasteiger partial charge is 0.328 e. The number of hydrogen-bond donors (Lipinski definition) is 1. The average molecular weight is 290 g/mol. The van der Waals surface area contributed by atoms with Crippen molar-refractivity contribution in [3.05, 3.63) is 29.8 Å². The highest BCUT2D eigenvalue weighted by atomic mass is 16.5. The van der Waals surface area contributed by atoms with Gasteiger partial charge in [-0.15, -0.1) is 0 Å². The fourth-order valence-electron chi connectivity index (χ4n) is 3.32. The van der Waals surface area contributed by atoms with Gasteiger partial charge in [-0.1, -0.05) is 18.2 Å². The van der Waals surface area contributed by atoms with Gasteiger partial charge in [0.25, 0.3) is 0 Å². The summed E-state index contributed by atoms with van der Waals surface area (Å²) in [5, 5.41) is 0. The third-order valence-electron chi connectivity index (χ3n) is 4.59. The van der Waals surface area contributed by atoms with Gasteiger partial charge in [0, 0.05) is 12.1 Å². The molecule has 3 aliphatic rings. The highest BCUT2D eigenvalue weighted by molar-refractivity contribution is 5.78. The summed E-state index contributed by atoms with van der Waals surface area (Å²) >= 11 is 0. The summed E-state index contributed by atoms with van der Waals surface area (Å²) in [6, 6.07) is 6.52. The molecule has 21 heavy (non-hydrogen) atoms. The zero-order valence-electron chi connectivity index (χ0n) is 12.3. The molecule has 4 rings (SSSR count). The maximum absolute atomic E-state index is 12.3. The van der Waals surface area contributed by atoms with Crippen LogP contribution < -0.4 is 10.5 Å².